The quantitative estimate of drug-likeness (QED) is 0.651. The molecule has 0 saturated heterocycles. The molecule has 0 amide bonds. The van der Waals surface area contributed by atoms with Crippen LogP contribution in [0.4, 0.5) is 0 Å². The van der Waals surface area contributed by atoms with Crippen molar-refractivity contribution in [2.45, 2.75) is 20.3 Å². The Morgan fingerprint density at radius 2 is 2.33 bits per heavy atom. The minimum atomic E-state index is 0. The van der Waals surface area contributed by atoms with Gasteiger partial charge in [-0.2, -0.15) is 6.08 Å². The SMILES string of the molecule is CC(C)C1=[C-]CC=C1.[H-].[H-].[Ta]. The summed E-state index contributed by atoms with van der Waals surface area (Å²) in [7, 11) is 0. The number of hydrogen-bond acceptors (Lipinski definition) is 0. The molecule has 0 aromatic heterocycles. The van der Waals surface area contributed by atoms with Crippen LogP contribution in [0.1, 0.15) is 23.1 Å². The summed E-state index contributed by atoms with van der Waals surface area (Å²) in [4.78, 5) is 0. The second-order valence-electron chi connectivity index (χ2n) is 2.39. The van der Waals surface area contributed by atoms with Gasteiger partial charge in [-0.15, -0.1) is 6.42 Å². The molecule has 0 aromatic carbocycles. The largest absolute Gasteiger partial charge is 1.00 e. The zero-order valence-electron chi connectivity index (χ0n) is 7.89. The minimum absolute atomic E-state index is 0. The molecule has 0 heterocycles. The van der Waals surface area contributed by atoms with Crippen molar-refractivity contribution in [3.8, 4) is 0 Å². The molecule has 1 radical (unpaired) electrons. The second kappa shape index (κ2) is 4.10. The number of rotatable bonds is 1. The van der Waals surface area contributed by atoms with Gasteiger partial charge in [0.1, 0.15) is 0 Å². The van der Waals surface area contributed by atoms with E-state index in [0.717, 1.165) is 6.42 Å². The van der Waals surface area contributed by atoms with Crippen LogP contribution in [0.3, 0.4) is 0 Å². The second-order valence-corrected chi connectivity index (χ2v) is 2.39. The van der Waals surface area contributed by atoms with Crippen LogP contribution in [0.25, 0.3) is 0 Å². The van der Waals surface area contributed by atoms with E-state index in [1.165, 1.54) is 5.57 Å². The van der Waals surface area contributed by atoms with Gasteiger partial charge in [0.15, 0.2) is 0 Å². The van der Waals surface area contributed by atoms with Crippen molar-refractivity contribution < 1.29 is 25.2 Å². The summed E-state index contributed by atoms with van der Waals surface area (Å²) in [6, 6.07) is 0. The van der Waals surface area contributed by atoms with E-state index in [-0.39, 0.29) is 25.2 Å². The molecule has 0 atom stereocenters. The van der Waals surface area contributed by atoms with Crippen molar-refractivity contribution in [1.82, 2.24) is 0 Å². The van der Waals surface area contributed by atoms with Gasteiger partial charge in [-0.3, -0.25) is 6.08 Å². The summed E-state index contributed by atoms with van der Waals surface area (Å²) in [6.07, 6.45) is 8.59. The molecular weight excluding hydrogens is 277 g/mol. The first-order valence-electron chi connectivity index (χ1n) is 3.08. The maximum absolute atomic E-state index is 3.26. The Morgan fingerprint density at radius 3 is 2.56 bits per heavy atom. The Hall–Kier alpha value is 0.220. The molecule has 0 N–H and O–H groups in total. The van der Waals surface area contributed by atoms with Gasteiger partial charge >= 0.3 is 0 Å². The van der Waals surface area contributed by atoms with Gasteiger partial charge < -0.3 is 2.85 Å². The minimum Gasteiger partial charge on any atom is -1.00 e. The van der Waals surface area contributed by atoms with Crippen LogP contribution in [0, 0.1) is 12.0 Å². The van der Waals surface area contributed by atoms with Gasteiger partial charge in [-0.25, -0.2) is 11.6 Å². The predicted molar refractivity (Wildman–Crippen MR) is 37.6 cm³/mol. The zero-order valence-corrected chi connectivity index (χ0v) is 9.10. The summed E-state index contributed by atoms with van der Waals surface area (Å²) in [5, 5.41) is 0. The molecule has 0 fully saturated rings. The van der Waals surface area contributed by atoms with Crippen molar-refractivity contribution in [2.24, 2.45) is 5.92 Å². The Bertz CT molecular complexity index is 139. The van der Waals surface area contributed by atoms with Crippen molar-refractivity contribution in [3.63, 3.8) is 0 Å². The number of allylic oxidation sites excluding steroid dienone is 4. The van der Waals surface area contributed by atoms with E-state index < -0.39 is 0 Å². The first-order valence-corrected chi connectivity index (χ1v) is 3.08. The molecule has 53 valence electrons. The van der Waals surface area contributed by atoms with Crippen LogP contribution in [-0.2, 0) is 22.4 Å². The molecule has 0 unspecified atom stereocenters. The topological polar surface area (TPSA) is 0 Å². The molecule has 1 aliphatic rings. The van der Waals surface area contributed by atoms with Crippen molar-refractivity contribution in [2.75, 3.05) is 0 Å². The van der Waals surface area contributed by atoms with Crippen molar-refractivity contribution >= 4 is 0 Å². The molecule has 1 heteroatoms. The summed E-state index contributed by atoms with van der Waals surface area (Å²) in [5.74, 6) is 0.661. The van der Waals surface area contributed by atoms with E-state index in [0.29, 0.717) is 5.92 Å². The van der Waals surface area contributed by atoms with Crippen molar-refractivity contribution in [3.05, 3.63) is 23.8 Å². The molecule has 0 aromatic rings. The third-order valence-corrected chi connectivity index (χ3v) is 1.34. The standard InChI is InChI=1S/C8H11.Ta.2H/c1-7(2)8-5-3-4-6-8;;;/h3,5,7H,4H2,1-2H3;;;/q-1;;2*-1. The van der Waals surface area contributed by atoms with Gasteiger partial charge in [0.25, 0.3) is 0 Å². The van der Waals surface area contributed by atoms with Crippen molar-refractivity contribution in [1.29, 1.82) is 0 Å². The van der Waals surface area contributed by atoms with Crippen LogP contribution in [0.5, 0.6) is 0 Å². The average Bonchev–Trinajstić information content (AvgIpc) is 2.12. The van der Waals surface area contributed by atoms with Crippen LogP contribution in [0.2, 0.25) is 0 Å². The smallest absolute Gasteiger partial charge is 0 e. The summed E-state index contributed by atoms with van der Waals surface area (Å²) in [5.41, 5.74) is 1.37. The Balaban J connectivity index is -0.000000213. The first kappa shape index (κ1) is 9.22. The van der Waals surface area contributed by atoms with E-state index in [9.17, 15) is 0 Å². The van der Waals surface area contributed by atoms with E-state index in [4.69, 9.17) is 0 Å². The van der Waals surface area contributed by atoms with E-state index in [1.54, 1.807) is 0 Å². The van der Waals surface area contributed by atoms with Crippen LogP contribution >= 0.6 is 0 Å². The molecule has 1 aliphatic carbocycles. The molecular formula is C8H13Ta-3. The monoisotopic (exact) mass is 290 g/mol. The fourth-order valence-corrected chi connectivity index (χ4v) is 0.818. The fraction of sp³-hybridized carbons (Fsp3) is 0.500. The molecule has 1 rings (SSSR count). The third-order valence-electron chi connectivity index (χ3n) is 1.34. The normalized spacial score (nSPS) is 15.7. The van der Waals surface area contributed by atoms with E-state index in [1.807, 2.05) is 0 Å². The Kier molecular flexibility index (Phi) is 4.20. The summed E-state index contributed by atoms with van der Waals surface area (Å²) >= 11 is 0. The maximum atomic E-state index is 3.26. The predicted octanol–water partition coefficient (Wildman–Crippen LogP) is 2.55. The van der Waals surface area contributed by atoms with Gasteiger partial charge in [0.2, 0.25) is 0 Å². The Morgan fingerprint density at radius 1 is 1.67 bits per heavy atom. The Labute approximate surface area is 75.5 Å². The number of hydrogen-bond donors (Lipinski definition) is 0. The van der Waals surface area contributed by atoms with Crippen LogP contribution < -0.4 is 0 Å². The van der Waals surface area contributed by atoms with Crippen LogP contribution in [-0.4, -0.2) is 0 Å². The van der Waals surface area contributed by atoms with E-state index in [2.05, 4.69) is 32.1 Å². The molecule has 0 aliphatic heterocycles. The third kappa shape index (κ3) is 2.53. The molecule has 0 bridgehead atoms. The average molecular weight is 290 g/mol. The summed E-state index contributed by atoms with van der Waals surface area (Å²) in [6.45, 7) is 4.38. The molecule has 0 saturated carbocycles. The van der Waals surface area contributed by atoms with Gasteiger partial charge in [0, 0.05) is 22.4 Å². The molecule has 0 nitrogen and oxygen atoms in total. The van der Waals surface area contributed by atoms with Gasteiger partial charge in [0.05, 0.1) is 0 Å². The molecule has 9 heavy (non-hydrogen) atoms. The maximum Gasteiger partial charge on any atom is 0 e. The molecule has 0 spiro atoms. The first-order chi connectivity index (χ1) is 3.80. The van der Waals surface area contributed by atoms with E-state index >= 15 is 0 Å². The fourth-order valence-electron chi connectivity index (χ4n) is 0.818. The van der Waals surface area contributed by atoms with Gasteiger partial charge in [-0.1, -0.05) is 19.8 Å². The van der Waals surface area contributed by atoms with Gasteiger partial charge in [-0.05, 0) is 0 Å². The zero-order chi connectivity index (χ0) is 5.98. The van der Waals surface area contributed by atoms with Crippen LogP contribution in [0.15, 0.2) is 17.7 Å². The summed E-state index contributed by atoms with van der Waals surface area (Å²) < 4.78 is 0.